The number of hydrogen-bond acceptors (Lipinski definition) is 11. The Balaban J connectivity index is 1.31. The van der Waals surface area contributed by atoms with Crippen LogP contribution in [0.25, 0.3) is 0 Å². The Morgan fingerprint density at radius 1 is 1.00 bits per heavy atom. The molecule has 0 radical (unpaired) electrons. The quantitative estimate of drug-likeness (QED) is 0.374. The van der Waals surface area contributed by atoms with Crippen molar-refractivity contribution in [1.29, 1.82) is 10.5 Å². The maximum absolute atomic E-state index is 12.0. The summed E-state index contributed by atoms with van der Waals surface area (Å²) in [6.07, 6.45) is 1.21. The number of nitro groups is 1. The van der Waals surface area contributed by atoms with Crippen molar-refractivity contribution in [3.8, 4) is 35.3 Å². The molecule has 3 heterocycles. The minimum absolute atomic E-state index is 0.102. The molecule has 180 valence electrons. The van der Waals surface area contributed by atoms with Crippen molar-refractivity contribution in [2.45, 2.75) is 6.54 Å². The fraction of sp³-hybridized carbons (Fsp3) is 0.250. The first-order chi connectivity index (χ1) is 17.6. The maximum atomic E-state index is 12.0. The van der Waals surface area contributed by atoms with Gasteiger partial charge in [0.1, 0.15) is 24.2 Å². The predicted octanol–water partition coefficient (Wildman–Crippen LogP) is 2.97. The molecule has 12 nitrogen and oxygen atoms in total. The van der Waals surface area contributed by atoms with Gasteiger partial charge < -0.3 is 19.1 Å². The molecule has 2 aromatic carbocycles. The smallest absolute Gasteiger partial charge is 0.373 e. The Kier molecular flexibility index (Phi) is 6.18. The third-order valence-corrected chi connectivity index (χ3v) is 5.91. The second-order valence-corrected chi connectivity index (χ2v) is 8.09. The van der Waals surface area contributed by atoms with Crippen LogP contribution in [0.2, 0.25) is 0 Å². The number of fused-ring (bicyclic) bond motifs is 1. The van der Waals surface area contributed by atoms with E-state index in [9.17, 15) is 15.4 Å². The number of hydrogen-bond donors (Lipinski definition) is 0. The molecule has 0 bridgehead atoms. The molecular weight excluding hydrogens is 466 g/mol. The van der Waals surface area contributed by atoms with Gasteiger partial charge >= 0.3 is 11.6 Å². The summed E-state index contributed by atoms with van der Waals surface area (Å²) in [5, 5.41) is 30.3. The van der Waals surface area contributed by atoms with Crippen molar-refractivity contribution in [2.24, 2.45) is 0 Å². The van der Waals surface area contributed by atoms with Crippen LogP contribution >= 0.6 is 0 Å². The SMILES string of the molecule is N#Cc1ccc(Oc2ncnc(N3CCN(Cc4ccc5c(c4)OCO5)CC3)c2[N+](=O)[O-])cc1C#N. The topological polar surface area (TPSA) is 151 Å². The number of ether oxygens (including phenoxy) is 3. The molecule has 0 spiro atoms. The van der Waals surface area contributed by atoms with E-state index in [1.807, 2.05) is 35.2 Å². The number of nitriles is 2. The summed E-state index contributed by atoms with van der Waals surface area (Å²) in [4.78, 5) is 23.7. The first-order valence-electron chi connectivity index (χ1n) is 11.0. The highest BCUT2D eigenvalue weighted by molar-refractivity contribution is 5.64. The number of nitrogens with zero attached hydrogens (tertiary/aromatic N) is 7. The lowest BCUT2D eigenvalue weighted by molar-refractivity contribution is -0.385. The second kappa shape index (κ2) is 9.74. The molecule has 0 saturated carbocycles. The van der Waals surface area contributed by atoms with E-state index in [-0.39, 0.29) is 41.1 Å². The van der Waals surface area contributed by atoms with Crippen molar-refractivity contribution in [2.75, 3.05) is 37.9 Å². The predicted molar refractivity (Wildman–Crippen MR) is 125 cm³/mol. The Morgan fingerprint density at radius 2 is 1.78 bits per heavy atom. The number of rotatable bonds is 6. The van der Waals surface area contributed by atoms with Gasteiger partial charge in [0.15, 0.2) is 11.5 Å². The van der Waals surface area contributed by atoms with Crippen LogP contribution < -0.4 is 19.1 Å². The van der Waals surface area contributed by atoms with E-state index in [1.165, 1.54) is 24.5 Å². The average molecular weight is 485 g/mol. The van der Waals surface area contributed by atoms with Gasteiger partial charge in [-0.2, -0.15) is 15.5 Å². The molecule has 0 unspecified atom stereocenters. The fourth-order valence-corrected chi connectivity index (χ4v) is 4.12. The summed E-state index contributed by atoms with van der Waals surface area (Å²) in [5.41, 5.74) is 1.02. The molecule has 2 aliphatic heterocycles. The summed E-state index contributed by atoms with van der Waals surface area (Å²) < 4.78 is 16.5. The summed E-state index contributed by atoms with van der Waals surface area (Å²) in [7, 11) is 0. The molecule has 0 N–H and O–H groups in total. The lowest BCUT2D eigenvalue weighted by atomic mass is 10.1. The molecule has 5 rings (SSSR count). The molecule has 0 atom stereocenters. The van der Waals surface area contributed by atoms with Crippen LogP contribution in [-0.2, 0) is 6.54 Å². The van der Waals surface area contributed by atoms with E-state index in [0.29, 0.717) is 32.7 Å². The maximum Gasteiger partial charge on any atom is 0.373 e. The van der Waals surface area contributed by atoms with Gasteiger partial charge in [-0.25, -0.2) is 4.98 Å². The van der Waals surface area contributed by atoms with Gasteiger partial charge in [-0.3, -0.25) is 15.0 Å². The average Bonchev–Trinajstić information content (AvgIpc) is 3.37. The summed E-state index contributed by atoms with van der Waals surface area (Å²) in [5.74, 6) is 1.57. The first kappa shape index (κ1) is 22.8. The van der Waals surface area contributed by atoms with Crippen LogP contribution in [0.3, 0.4) is 0 Å². The third kappa shape index (κ3) is 4.53. The van der Waals surface area contributed by atoms with Gasteiger partial charge in [0, 0.05) is 32.7 Å². The minimum atomic E-state index is -0.571. The van der Waals surface area contributed by atoms with E-state index < -0.39 is 4.92 Å². The van der Waals surface area contributed by atoms with Gasteiger partial charge in [0.05, 0.1) is 16.1 Å². The largest absolute Gasteiger partial charge is 0.454 e. The summed E-state index contributed by atoms with van der Waals surface area (Å²) >= 11 is 0. The van der Waals surface area contributed by atoms with Crippen molar-refractivity contribution in [3.05, 3.63) is 69.5 Å². The zero-order chi connectivity index (χ0) is 25.1. The lowest BCUT2D eigenvalue weighted by Crippen LogP contribution is -2.46. The highest BCUT2D eigenvalue weighted by Crippen LogP contribution is 2.37. The number of anilines is 1. The Hall–Kier alpha value is -4.94. The normalized spacial score (nSPS) is 14.7. The molecule has 0 aliphatic carbocycles. The van der Waals surface area contributed by atoms with Gasteiger partial charge in [-0.15, -0.1) is 0 Å². The van der Waals surface area contributed by atoms with Gasteiger partial charge in [0.2, 0.25) is 12.6 Å². The van der Waals surface area contributed by atoms with Crippen LogP contribution in [-0.4, -0.2) is 52.8 Å². The number of piperazine rings is 1. The molecule has 3 aromatic rings. The molecule has 12 heteroatoms. The zero-order valence-corrected chi connectivity index (χ0v) is 19.0. The molecule has 1 fully saturated rings. The van der Waals surface area contributed by atoms with E-state index in [1.54, 1.807) is 0 Å². The fourth-order valence-electron chi connectivity index (χ4n) is 4.12. The summed E-state index contributed by atoms with van der Waals surface area (Å²) in [6.45, 7) is 3.34. The second-order valence-electron chi connectivity index (χ2n) is 8.09. The molecule has 36 heavy (non-hydrogen) atoms. The minimum Gasteiger partial charge on any atom is -0.454 e. The Morgan fingerprint density at radius 3 is 2.53 bits per heavy atom. The monoisotopic (exact) mass is 485 g/mol. The molecule has 1 aromatic heterocycles. The van der Waals surface area contributed by atoms with Crippen LogP contribution in [0.15, 0.2) is 42.7 Å². The van der Waals surface area contributed by atoms with Gasteiger partial charge in [-0.05, 0) is 35.9 Å². The lowest BCUT2D eigenvalue weighted by Gasteiger charge is -2.35. The summed E-state index contributed by atoms with van der Waals surface area (Å²) in [6, 6.07) is 13.9. The molecular formula is C24H19N7O5. The Bertz CT molecular complexity index is 1410. The van der Waals surface area contributed by atoms with Crippen LogP contribution in [0.4, 0.5) is 11.5 Å². The molecule has 1 saturated heterocycles. The van der Waals surface area contributed by atoms with Crippen molar-refractivity contribution in [3.63, 3.8) is 0 Å². The van der Waals surface area contributed by atoms with Crippen molar-refractivity contribution >= 4 is 11.5 Å². The Labute approximate surface area is 205 Å². The molecule has 0 amide bonds. The highest BCUT2D eigenvalue weighted by atomic mass is 16.7. The van der Waals surface area contributed by atoms with Crippen molar-refractivity contribution in [1.82, 2.24) is 14.9 Å². The number of benzene rings is 2. The van der Waals surface area contributed by atoms with Crippen molar-refractivity contribution < 1.29 is 19.1 Å². The van der Waals surface area contributed by atoms with E-state index in [0.717, 1.165) is 17.1 Å². The molecule has 2 aliphatic rings. The van der Waals surface area contributed by atoms with Gasteiger partial charge in [0.25, 0.3) is 0 Å². The van der Waals surface area contributed by atoms with Crippen LogP contribution in [0, 0.1) is 32.8 Å². The van der Waals surface area contributed by atoms with Crippen LogP contribution in [0.1, 0.15) is 16.7 Å². The van der Waals surface area contributed by atoms with E-state index >= 15 is 0 Å². The van der Waals surface area contributed by atoms with E-state index in [2.05, 4.69) is 14.9 Å². The third-order valence-electron chi connectivity index (χ3n) is 5.91. The standard InChI is InChI=1S/C24H19N7O5/c25-11-17-2-3-19(10-18(17)12-26)36-24-22(31(32)33)23(27-14-28-24)30-7-5-29(6-8-30)13-16-1-4-20-21(9-16)35-15-34-20/h1-4,9-10,14H,5-8,13,15H2. The zero-order valence-electron chi connectivity index (χ0n) is 19.0. The highest BCUT2D eigenvalue weighted by Gasteiger charge is 2.31. The van der Waals surface area contributed by atoms with E-state index in [4.69, 9.17) is 19.5 Å². The van der Waals surface area contributed by atoms with Gasteiger partial charge in [-0.1, -0.05) is 6.07 Å². The number of aromatic nitrogens is 2. The first-order valence-corrected chi connectivity index (χ1v) is 11.0. The van der Waals surface area contributed by atoms with Crippen LogP contribution in [0.5, 0.6) is 23.1 Å².